The predicted octanol–water partition coefficient (Wildman–Crippen LogP) is 3.96. The molecule has 0 saturated carbocycles. The number of hydrogen-bond donors (Lipinski definition) is 0. The minimum Gasteiger partial charge on any atom is -0.469 e. The molecule has 2 aliphatic heterocycles. The quantitative estimate of drug-likeness (QED) is 0.290. The van der Waals surface area contributed by atoms with E-state index in [0.717, 1.165) is 32.1 Å². The van der Waals surface area contributed by atoms with E-state index >= 15 is 0 Å². The molecule has 2 heterocycles. The van der Waals surface area contributed by atoms with Gasteiger partial charge in [0.15, 0.2) is 0 Å². The van der Waals surface area contributed by atoms with Crippen molar-refractivity contribution in [3.05, 3.63) is 11.6 Å². The minimum atomic E-state index is -0.428. The molecule has 0 aromatic rings. The minimum absolute atomic E-state index is 0.235. The largest absolute Gasteiger partial charge is 0.469 e. The molecule has 5 heteroatoms. The summed E-state index contributed by atoms with van der Waals surface area (Å²) in [4.78, 5) is 23.1. The van der Waals surface area contributed by atoms with Gasteiger partial charge in [0, 0.05) is 0 Å². The zero-order valence-corrected chi connectivity index (χ0v) is 15.7. The molecule has 0 aromatic heterocycles. The Morgan fingerprint density at radius 2 is 1.96 bits per heavy atom. The number of methoxy groups -OCH3 is 1. The first kappa shape index (κ1) is 19.4. The van der Waals surface area contributed by atoms with Crippen LogP contribution in [0.2, 0.25) is 0 Å². The van der Waals surface area contributed by atoms with Crippen molar-refractivity contribution < 1.29 is 24.0 Å². The van der Waals surface area contributed by atoms with Crippen LogP contribution in [0.3, 0.4) is 0 Å². The molecule has 5 atom stereocenters. The van der Waals surface area contributed by atoms with Crippen molar-refractivity contribution in [2.75, 3.05) is 7.11 Å². The van der Waals surface area contributed by atoms with E-state index in [1.54, 1.807) is 0 Å². The van der Waals surface area contributed by atoms with Crippen molar-refractivity contribution in [2.45, 2.75) is 90.1 Å². The van der Waals surface area contributed by atoms with Crippen molar-refractivity contribution in [1.29, 1.82) is 0 Å². The summed E-state index contributed by atoms with van der Waals surface area (Å²) in [6, 6.07) is 0. The summed E-state index contributed by atoms with van der Waals surface area (Å²) in [7, 11) is 1.40. The molecule has 0 spiro atoms. The van der Waals surface area contributed by atoms with Crippen molar-refractivity contribution in [3.8, 4) is 0 Å². The summed E-state index contributed by atoms with van der Waals surface area (Å²) >= 11 is 0. The molecular formula is C19H32O5. The summed E-state index contributed by atoms with van der Waals surface area (Å²) in [6.07, 6.45) is 7.44. The highest BCUT2D eigenvalue weighted by Crippen LogP contribution is 2.41. The van der Waals surface area contributed by atoms with Crippen molar-refractivity contribution in [1.82, 2.24) is 0 Å². The molecule has 0 aromatic carbocycles. The number of carbonyl (C=O) groups excluding carboxylic acids is 1. The lowest BCUT2D eigenvalue weighted by Gasteiger charge is -2.41. The van der Waals surface area contributed by atoms with E-state index in [4.69, 9.17) is 19.2 Å². The van der Waals surface area contributed by atoms with Crippen LogP contribution in [0.25, 0.3) is 0 Å². The standard InChI is InChI=1S/C19H32O5/c1-6-13-11-19(9-4,24-23-16(13)10-17(20)21-5)12-14(7-2)18-15(8-3)22-18/h12-13,15-16,18H,6-11H2,1-5H3/b14-12+/t13-,15+,16-,18-,19+/m0/s1. The van der Waals surface area contributed by atoms with E-state index in [9.17, 15) is 4.79 Å². The first-order chi connectivity index (χ1) is 11.5. The SMILES string of the molecule is CC/C(=C\[C@@]1(CC)C[C@H](CC)[C@H](CC(=O)OC)OO1)[C@@H]1O[C@@H]1CC. The number of hydrogen-bond acceptors (Lipinski definition) is 5. The Morgan fingerprint density at radius 1 is 1.21 bits per heavy atom. The van der Waals surface area contributed by atoms with Gasteiger partial charge in [-0.2, -0.15) is 0 Å². The topological polar surface area (TPSA) is 57.3 Å². The van der Waals surface area contributed by atoms with Crippen LogP contribution >= 0.6 is 0 Å². The maximum Gasteiger partial charge on any atom is 0.308 e. The molecule has 0 unspecified atom stereocenters. The average molecular weight is 340 g/mol. The first-order valence-corrected chi connectivity index (χ1v) is 9.30. The smallest absolute Gasteiger partial charge is 0.308 e. The molecule has 0 aliphatic carbocycles. The second-order valence-corrected chi connectivity index (χ2v) is 6.87. The number of epoxide rings is 1. The maximum absolute atomic E-state index is 11.6. The van der Waals surface area contributed by atoms with Crippen LogP contribution in [-0.2, 0) is 24.0 Å². The van der Waals surface area contributed by atoms with E-state index in [1.165, 1.54) is 12.7 Å². The third kappa shape index (κ3) is 4.38. The highest BCUT2D eigenvalue weighted by Gasteiger charge is 2.45. The Morgan fingerprint density at radius 3 is 2.46 bits per heavy atom. The van der Waals surface area contributed by atoms with E-state index in [0.29, 0.717) is 6.10 Å². The van der Waals surface area contributed by atoms with E-state index in [1.807, 2.05) is 0 Å². The molecule has 0 bridgehead atoms. The van der Waals surface area contributed by atoms with Gasteiger partial charge in [-0.1, -0.05) is 34.1 Å². The zero-order valence-electron chi connectivity index (χ0n) is 15.7. The normalized spacial score (nSPS) is 36.5. The lowest BCUT2D eigenvalue weighted by molar-refractivity contribution is -0.409. The monoisotopic (exact) mass is 340 g/mol. The van der Waals surface area contributed by atoms with E-state index in [2.05, 4.69) is 33.8 Å². The second kappa shape index (κ2) is 8.45. The molecule has 0 radical (unpaired) electrons. The number of esters is 1. The van der Waals surface area contributed by atoms with Crippen LogP contribution in [0.5, 0.6) is 0 Å². The fourth-order valence-corrected chi connectivity index (χ4v) is 3.59. The molecule has 2 fully saturated rings. The van der Waals surface area contributed by atoms with Crippen LogP contribution in [0.15, 0.2) is 11.6 Å². The Bertz CT molecular complexity index is 461. The van der Waals surface area contributed by atoms with Gasteiger partial charge in [-0.15, -0.1) is 0 Å². The van der Waals surface area contributed by atoms with Crippen LogP contribution < -0.4 is 0 Å². The first-order valence-electron chi connectivity index (χ1n) is 9.30. The summed E-state index contributed by atoms with van der Waals surface area (Å²) in [5.74, 6) is 0.0160. The Kier molecular flexibility index (Phi) is 6.84. The van der Waals surface area contributed by atoms with E-state index in [-0.39, 0.29) is 30.5 Å². The second-order valence-electron chi connectivity index (χ2n) is 6.87. The Labute approximate surface area is 145 Å². The fourth-order valence-electron chi connectivity index (χ4n) is 3.59. The highest BCUT2D eigenvalue weighted by atomic mass is 17.2. The van der Waals surface area contributed by atoms with Crippen LogP contribution in [0.4, 0.5) is 0 Å². The number of ether oxygens (including phenoxy) is 2. The van der Waals surface area contributed by atoms with Crippen molar-refractivity contribution in [2.24, 2.45) is 5.92 Å². The highest BCUT2D eigenvalue weighted by molar-refractivity contribution is 5.69. The maximum atomic E-state index is 11.6. The van der Waals surface area contributed by atoms with Gasteiger partial charge in [0.1, 0.15) is 17.8 Å². The summed E-state index contributed by atoms with van der Waals surface area (Å²) < 4.78 is 10.5. The lowest BCUT2D eigenvalue weighted by atomic mass is 9.80. The van der Waals surface area contributed by atoms with Crippen molar-refractivity contribution >= 4 is 5.97 Å². The van der Waals surface area contributed by atoms with Gasteiger partial charge >= 0.3 is 5.97 Å². The molecule has 2 rings (SSSR count). The molecule has 0 N–H and O–H groups in total. The van der Waals surface area contributed by atoms with Gasteiger partial charge in [0.2, 0.25) is 0 Å². The summed E-state index contributed by atoms with van der Waals surface area (Å²) in [6.45, 7) is 8.56. The third-order valence-corrected chi connectivity index (χ3v) is 5.40. The van der Waals surface area contributed by atoms with Gasteiger partial charge in [-0.3, -0.25) is 4.79 Å². The lowest BCUT2D eigenvalue weighted by Crippen LogP contribution is -2.44. The molecule has 5 nitrogen and oxygen atoms in total. The number of carbonyl (C=O) groups is 1. The summed E-state index contributed by atoms with van der Waals surface area (Å²) in [5, 5.41) is 0. The van der Waals surface area contributed by atoms with E-state index < -0.39 is 5.60 Å². The molecule has 138 valence electrons. The van der Waals surface area contributed by atoms with Gasteiger partial charge < -0.3 is 9.47 Å². The zero-order chi connectivity index (χ0) is 17.7. The Balaban J connectivity index is 2.11. The molecular weight excluding hydrogens is 308 g/mol. The molecule has 2 saturated heterocycles. The van der Waals surface area contributed by atoms with Crippen LogP contribution in [0, 0.1) is 5.92 Å². The van der Waals surface area contributed by atoms with Crippen LogP contribution in [0.1, 0.15) is 66.2 Å². The van der Waals surface area contributed by atoms with Crippen molar-refractivity contribution in [3.63, 3.8) is 0 Å². The van der Waals surface area contributed by atoms with Gasteiger partial charge in [-0.05, 0) is 43.3 Å². The fraction of sp³-hybridized carbons (Fsp3) is 0.842. The van der Waals surface area contributed by atoms with Gasteiger partial charge in [-0.25, -0.2) is 9.78 Å². The van der Waals surface area contributed by atoms with Gasteiger partial charge in [0.05, 0.1) is 19.6 Å². The third-order valence-electron chi connectivity index (χ3n) is 5.40. The number of rotatable bonds is 8. The summed E-state index contributed by atoms with van der Waals surface area (Å²) in [5.41, 5.74) is 0.872. The molecule has 0 amide bonds. The van der Waals surface area contributed by atoms with Crippen LogP contribution in [-0.4, -0.2) is 37.0 Å². The predicted molar refractivity (Wildman–Crippen MR) is 91.3 cm³/mol. The molecule has 2 aliphatic rings. The molecule has 24 heavy (non-hydrogen) atoms. The Hall–Kier alpha value is -0.910. The van der Waals surface area contributed by atoms with Gasteiger partial charge in [0.25, 0.3) is 0 Å². The average Bonchev–Trinajstić information content (AvgIpc) is 3.40.